The second kappa shape index (κ2) is 4.07. The summed E-state index contributed by atoms with van der Waals surface area (Å²) in [6.07, 6.45) is 6.16. The highest BCUT2D eigenvalue weighted by atomic mass is 32.2. The topological polar surface area (TPSA) is 58.6 Å². The minimum Gasteiger partial charge on any atom is -0.490 e. The highest BCUT2D eigenvalue weighted by Gasteiger charge is 2.45. The van der Waals surface area contributed by atoms with Crippen LogP contribution in [0.4, 0.5) is 0 Å². The Morgan fingerprint density at radius 1 is 1.53 bits per heavy atom. The van der Waals surface area contributed by atoms with E-state index >= 15 is 0 Å². The molecule has 4 nitrogen and oxygen atoms in total. The zero-order valence-corrected chi connectivity index (χ0v) is 10.3. The molecule has 92 valence electrons. The molecule has 0 saturated carbocycles. The molecule has 3 rings (SSSR count). The summed E-state index contributed by atoms with van der Waals surface area (Å²) in [4.78, 5) is 12.3. The molecule has 17 heavy (non-hydrogen) atoms. The number of carboxylic acids is 1. The fourth-order valence-corrected chi connectivity index (χ4v) is 4.13. The van der Waals surface area contributed by atoms with E-state index < -0.39 is 5.97 Å². The molecule has 1 spiro atoms. The van der Waals surface area contributed by atoms with Crippen molar-refractivity contribution in [1.82, 2.24) is 5.32 Å². The van der Waals surface area contributed by atoms with E-state index in [4.69, 9.17) is 9.84 Å². The van der Waals surface area contributed by atoms with Gasteiger partial charge in [0.25, 0.3) is 0 Å². The van der Waals surface area contributed by atoms with Crippen LogP contribution < -0.4 is 5.32 Å². The Kier molecular flexibility index (Phi) is 2.67. The Bertz CT molecular complexity index is 410. The molecule has 0 amide bonds. The molecule has 2 N–H and O–H groups in total. The molecule has 5 heteroatoms. The van der Waals surface area contributed by atoms with Crippen LogP contribution in [0.5, 0.6) is 0 Å². The number of rotatable bonds is 1. The normalized spacial score (nSPS) is 30.2. The summed E-state index contributed by atoms with van der Waals surface area (Å²) in [5, 5.41) is 12.1. The van der Waals surface area contributed by atoms with Gasteiger partial charge in [0.1, 0.15) is 10.9 Å². The van der Waals surface area contributed by atoms with Crippen molar-refractivity contribution in [2.24, 2.45) is 0 Å². The van der Waals surface area contributed by atoms with Gasteiger partial charge in [0.15, 0.2) is 0 Å². The lowest BCUT2D eigenvalue weighted by molar-refractivity contribution is -0.136. The maximum atomic E-state index is 11.1. The van der Waals surface area contributed by atoms with Crippen LogP contribution in [-0.4, -0.2) is 35.0 Å². The quantitative estimate of drug-likeness (QED) is 0.741. The summed E-state index contributed by atoms with van der Waals surface area (Å²) in [7, 11) is 0. The third-order valence-corrected chi connectivity index (χ3v) is 5.14. The van der Waals surface area contributed by atoms with E-state index in [1.54, 1.807) is 6.26 Å². The lowest BCUT2D eigenvalue weighted by Gasteiger charge is -2.39. The third kappa shape index (κ3) is 1.77. The minimum absolute atomic E-state index is 0.246. The molecule has 3 heterocycles. The molecule has 0 bridgehead atoms. The summed E-state index contributed by atoms with van der Waals surface area (Å²) < 4.78 is 5.86. The van der Waals surface area contributed by atoms with Gasteiger partial charge in [-0.25, -0.2) is 0 Å². The molecule has 0 aliphatic carbocycles. The van der Waals surface area contributed by atoms with Gasteiger partial charge in [-0.1, -0.05) is 0 Å². The third-order valence-electron chi connectivity index (χ3n) is 3.62. The second-order valence-corrected chi connectivity index (χ2v) is 5.88. The van der Waals surface area contributed by atoms with E-state index in [0.717, 1.165) is 36.4 Å². The van der Waals surface area contributed by atoms with Crippen molar-refractivity contribution < 1.29 is 14.6 Å². The first-order valence-corrected chi connectivity index (χ1v) is 6.77. The fraction of sp³-hybridized carbons (Fsp3) is 0.583. The van der Waals surface area contributed by atoms with Crippen molar-refractivity contribution in [3.05, 3.63) is 22.8 Å². The standard InChI is InChI=1S/C12H15NO3S/c14-11(15)9-7-8-1-6-16-12(10(8)17-9)2-4-13-5-3-12/h1,6,9,13H,2-5,7H2,(H,14,15). The number of ether oxygens (including phenoxy) is 1. The Labute approximate surface area is 104 Å². The fourth-order valence-electron chi connectivity index (χ4n) is 2.71. The van der Waals surface area contributed by atoms with Crippen LogP contribution in [0, 0.1) is 0 Å². The van der Waals surface area contributed by atoms with E-state index in [-0.39, 0.29) is 10.9 Å². The second-order valence-electron chi connectivity index (χ2n) is 4.67. The lowest BCUT2D eigenvalue weighted by Crippen LogP contribution is -2.44. The number of carboxylic acid groups (broad SMARTS) is 1. The first-order valence-electron chi connectivity index (χ1n) is 5.89. The van der Waals surface area contributed by atoms with Crippen molar-refractivity contribution in [1.29, 1.82) is 0 Å². The number of hydrogen-bond donors (Lipinski definition) is 2. The molecular formula is C12H15NO3S. The van der Waals surface area contributed by atoms with Gasteiger partial charge in [0, 0.05) is 17.7 Å². The van der Waals surface area contributed by atoms with Gasteiger partial charge < -0.3 is 15.2 Å². The van der Waals surface area contributed by atoms with Crippen molar-refractivity contribution in [3.8, 4) is 0 Å². The highest BCUT2D eigenvalue weighted by molar-refractivity contribution is 8.04. The summed E-state index contributed by atoms with van der Waals surface area (Å²) in [6.45, 7) is 1.87. The number of thioether (sulfide) groups is 1. The van der Waals surface area contributed by atoms with Gasteiger partial charge in [-0.2, -0.15) is 0 Å². The van der Waals surface area contributed by atoms with E-state index in [2.05, 4.69) is 5.32 Å². The zero-order chi connectivity index (χ0) is 11.9. The first-order chi connectivity index (χ1) is 8.21. The average molecular weight is 253 g/mol. The number of piperidine rings is 1. The molecule has 0 aromatic heterocycles. The number of hydrogen-bond acceptors (Lipinski definition) is 4. The Hall–Kier alpha value is -0.940. The van der Waals surface area contributed by atoms with E-state index in [9.17, 15) is 4.79 Å². The van der Waals surface area contributed by atoms with Crippen LogP contribution in [0.15, 0.2) is 22.8 Å². The minimum atomic E-state index is -0.720. The van der Waals surface area contributed by atoms with Crippen molar-refractivity contribution in [2.75, 3.05) is 13.1 Å². The van der Waals surface area contributed by atoms with Crippen molar-refractivity contribution in [2.45, 2.75) is 30.1 Å². The van der Waals surface area contributed by atoms with Crippen LogP contribution in [0.25, 0.3) is 0 Å². The van der Waals surface area contributed by atoms with Crippen LogP contribution in [0.2, 0.25) is 0 Å². The molecular weight excluding hydrogens is 238 g/mol. The number of allylic oxidation sites excluding steroid dienone is 2. The lowest BCUT2D eigenvalue weighted by atomic mass is 9.87. The maximum Gasteiger partial charge on any atom is 0.317 e. The molecule has 1 atom stereocenters. The molecule has 1 fully saturated rings. The summed E-state index contributed by atoms with van der Waals surface area (Å²) in [6, 6.07) is 0. The molecule has 0 aromatic rings. The molecule has 1 saturated heterocycles. The average Bonchev–Trinajstić information content (AvgIpc) is 2.76. The molecule has 0 aromatic carbocycles. The van der Waals surface area contributed by atoms with E-state index in [0.29, 0.717) is 6.42 Å². The van der Waals surface area contributed by atoms with Crippen LogP contribution in [0.3, 0.4) is 0 Å². The largest absolute Gasteiger partial charge is 0.490 e. The van der Waals surface area contributed by atoms with Crippen LogP contribution in [0.1, 0.15) is 19.3 Å². The van der Waals surface area contributed by atoms with E-state index in [1.165, 1.54) is 11.8 Å². The van der Waals surface area contributed by atoms with Crippen LogP contribution >= 0.6 is 11.8 Å². The van der Waals surface area contributed by atoms with Crippen molar-refractivity contribution >= 4 is 17.7 Å². The highest BCUT2D eigenvalue weighted by Crippen LogP contribution is 2.50. The van der Waals surface area contributed by atoms with E-state index in [1.807, 2.05) is 6.08 Å². The van der Waals surface area contributed by atoms with Gasteiger partial charge in [-0.3, -0.25) is 4.79 Å². The molecule has 0 radical (unpaired) electrons. The summed E-state index contributed by atoms with van der Waals surface area (Å²) in [5.41, 5.74) is 0.917. The predicted octanol–water partition coefficient (Wildman–Crippen LogP) is 1.50. The molecule has 3 aliphatic heterocycles. The SMILES string of the molecule is O=C(O)C1CC2=C(S1)C1(CCNCC1)OC=C2. The van der Waals surface area contributed by atoms with Gasteiger partial charge in [0.2, 0.25) is 0 Å². The number of carbonyl (C=O) groups is 1. The predicted molar refractivity (Wildman–Crippen MR) is 65.7 cm³/mol. The summed E-state index contributed by atoms with van der Waals surface area (Å²) in [5.74, 6) is -0.720. The van der Waals surface area contributed by atoms with Gasteiger partial charge in [-0.05, 0) is 31.2 Å². The van der Waals surface area contributed by atoms with Crippen molar-refractivity contribution in [3.63, 3.8) is 0 Å². The number of fused-ring (bicyclic) bond motifs is 1. The Morgan fingerprint density at radius 3 is 3.00 bits per heavy atom. The monoisotopic (exact) mass is 253 g/mol. The molecule has 1 unspecified atom stereocenters. The smallest absolute Gasteiger partial charge is 0.317 e. The Morgan fingerprint density at radius 2 is 2.29 bits per heavy atom. The molecule has 3 aliphatic rings. The number of nitrogens with one attached hydrogen (secondary N) is 1. The summed E-state index contributed by atoms with van der Waals surface area (Å²) >= 11 is 1.48. The maximum absolute atomic E-state index is 11.1. The first kappa shape index (κ1) is 11.2. The van der Waals surface area contributed by atoms with Crippen LogP contribution in [-0.2, 0) is 9.53 Å². The van der Waals surface area contributed by atoms with Gasteiger partial charge >= 0.3 is 5.97 Å². The van der Waals surface area contributed by atoms with Gasteiger partial charge in [-0.15, -0.1) is 11.8 Å². The zero-order valence-electron chi connectivity index (χ0n) is 9.44. The Balaban J connectivity index is 1.89. The van der Waals surface area contributed by atoms with Gasteiger partial charge in [0.05, 0.1) is 6.26 Å². The number of aliphatic carboxylic acids is 1.